The number of aryl methyl sites for hydroxylation is 2. The second kappa shape index (κ2) is 5.84. The summed E-state index contributed by atoms with van der Waals surface area (Å²) >= 11 is 3.14. The molecule has 1 amide bonds. The molecule has 4 heteroatoms. The predicted molar refractivity (Wildman–Crippen MR) is 89.7 cm³/mol. The highest BCUT2D eigenvalue weighted by Gasteiger charge is 2.34. The van der Waals surface area contributed by atoms with Gasteiger partial charge in [0.05, 0.1) is 10.4 Å². The second-order valence-corrected chi connectivity index (χ2v) is 6.70. The van der Waals surface area contributed by atoms with Gasteiger partial charge in [0.1, 0.15) is 5.82 Å². The minimum absolute atomic E-state index is 0.0479. The lowest BCUT2D eigenvalue weighted by atomic mass is 9.94. The Bertz CT molecular complexity index is 724. The number of hydrogen-bond acceptors (Lipinski definition) is 1. The zero-order valence-electron chi connectivity index (χ0n) is 12.6. The molecular formula is C18H17BrFNO. The summed E-state index contributed by atoms with van der Waals surface area (Å²) < 4.78 is 14.1. The van der Waals surface area contributed by atoms with Gasteiger partial charge in [0.15, 0.2) is 0 Å². The van der Waals surface area contributed by atoms with E-state index in [-0.39, 0.29) is 17.6 Å². The van der Waals surface area contributed by atoms with Gasteiger partial charge in [-0.05, 0) is 60.0 Å². The summed E-state index contributed by atoms with van der Waals surface area (Å²) in [6.07, 6.45) is 0.763. The Morgan fingerprint density at radius 1 is 1.14 bits per heavy atom. The van der Waals surface area contributed by atoms with Gasteiger partial charge in [0, 0.05) is 12.2 Å². The van der Waals surface area contributed by atoms with E-state index in [1.165, 1.54) is 6.07 Å². The van der Waals surface area contributed by atoms with Crippen LogP contribution in [0.5, 0.6) is 0 Å². The number of benzene rings is 2. The molecule has 22 heavy (non-hydrogen) atoms. The zero-order chi connectivity index (χ0) is 15.9. The number of hydrogen-bond donors (Lipinski definition) is 0. The van der Waals surface area contributed by atoms with Crippen LogP contribution in [0.1, 0.15) is 29.0 Å². The van der Waals surface area contributed by atoms with Gasteiger partial charge in [-0.2, -0.15) is 0 Å². The van der Waals surface area contributed by atoms with Crippen LogP contribution in [0, 0.1) is 19.7 Å². The Morgan fingerprint density at radius 3 is 2.45 bits per heavy atom. The van der Waals surface area contributed by atoms with E-state index in [1.807, 2.05) is 13.8 Å². The van der Waals surface area contributed by atoms with Crippen LogP contribution >= 0.6 is 15.9 Å². The van der Waals surface area contributed by atoms with E-state index in [0.29, 0.717) is 16.7 Å². The number of nitrogens with zero attached hydrogens (tertiary/aromatic N) is 1. The molecule has 114 valence electrons. The third-order valence-electron chi connectivity index (χ3n) is 4.07. The lowest BCUT2D eigenvalue weighted by Gasteiger charge is -2.17. The molecule has 1 aliphatic heterocycles. The van der Waals surface area contributed by atoms with E-state index in [2.05, 4.69) is 34.1 Å². The SMILES string of the molecule is Cc1cc(C)cc(C2CCN(c3ccc(Br)c(F)c3)C2=O)c1. The minimum atomic E-state index is -0.347. The normalized spacial score (nSPS) is 18.1. The molecule has 2 aromatic rings. The first-order valence-electron chi connectivity index (χ1n) is 7.30. The van der Waals surface area contributed by atoms with E-state index in [1.54, 1.807) is 17.0 Å². The van der Waals surface area contributed by atoms with Crippen LogP contribution in [0.25, 0.3) is 0 Å². The maximum absolute atomic E-state index is 13.7. The number of rotatable bonds is 2. The first-order chi connectivity index (χ1) is 10.5. The highest BCUT2D eigenvalue weighted by Crippen LogP contribution is 2.34. The molecule has 2 aromatic carbocycles. The van der Waals surface area contributed by atoms with E-state index in [9.17, 15) is 9.18 Å². The van der Waals surface area contributed by atoms with E-state index in [4.69, 9.17) is 0 Å². The number of halogens is 2. The standard InChI is InChI=1S/C18H17BrFNO/c1-11-7-12(2)9-13(8-11)15-5-6-21(18(15)22)14-3-4-16(19)17(20)10-14/h3-4,7-10,15H,5-6H2,1-2H3. The van der Waals surface area contributed by atoms with Crippen molar-refractivity contribution in [2.45, 2.75) is 26.2 Å². The molecule has 0 radical (unpaired) electrons. The molecule has 0 aromatic heterocycles. The van der Waals surface area contributed by atoms with Gasteiger partial charge < -0.3 is 4.90 Å². The maximum Gasteiger partial charge on any atom is 0.234 e. The van der Waals surface area contributed by atoms with Gasteiger partial charge in [0.2, 0.25) is 5.91 Å². The van der Waals surface area contributed by atoms with Gasteiger partial charge in [-0.1, -0.05) is 29.3 Å². The van der Waals surface area contributed by atoms with E-state index in [0.717, 1.165) is 23.1 Å². The van der Waals surface area contributed by atoms with Crippen LogP contribution in [-0.2, 0) is 4.79 Å². The first-order valence-corrected chi connectivity index (χ1v) is 8.09. The van der Waals surface area contributed by atoms with Crippen LogP contribution in [0.15, 0.2) is 40.9 Å². The summed E-state index contributed by atoms with van der Waals surface area (Å²) in [5, 5.41) is 0. The fourth-order valence-electron chi connectivity index (χ4n) is 3.11. The van der Waals surface area contributed by atoms with Gasteiger partial charge in [-0.25, -0.2) is 4.39 Å². The van der Waals surface area contributed by atoms with Crippen molar-refractivity contribution < 1.29 is 9.18 Å². The van der Waals surface area contributed by atoms with Gasteiger partial charge in [-0.15, -0.1) is 0 Å². The van der Waals surface area contributed by atoms with Gasteiger partial charge in [0.25, 0.3) is 0 Å². The molecule has 0 aliphatic carbocycles. The summed E-state index contributed by atoms with van der Waals surface area (Å²) in [6.45, 7) is 4.70. The van der Waals surface area contributed by atoms with Crippen LogP contribution in [0.4, 0.5) is 10.1 Å². The quantitative estimate of drug-likeness (QED) is 0.757. The molecule has 1 aliphatic rings. The molecule has 3 rings (SSSR count). The number of carbonyl (C=O) groups is 1. The highest BCUT2D eigenvalue weighted by atomic mass is 79.9. The Labute approximate surface area is 138 Å². The molecule has 2 nitrogen and oxygen atoms in total. The fraction of sp³-hybridized carbons (Fsp3) is 0.278. The average molecular weight is 362 g/mol. The van der Waals surface area contributed by atoms with Crippen LogP contribution in [-0.4, -0.2) is 12.5 Å². The highest BCUT2D eigenvalue weighted by molar-refractivity contribution is 9.10. The average Bonchev–Trinajstić information content (AvgIpc) is 2.83. The Kier molecular flexibility index (Phi) is 4.04. The molecule has 1 unspecified atom stereocenters. The topological polar surface area (TPSA) is 20.3 Å². The van der Waals surface area contributed by atoms with Gasteiger partial charge in [-0.3, -0.25) is 4.79 Å². The monoisotopic (exact) mass is 361 g/mol. The lowest BCUT2D eigenvalue weighted by Crippen LogP contribution is -2.26. The summed E-state index contributed by atoms with van der Waals surface area (Å²) in [5.74, 6) is -0.433. The van der Waals surface area contributed by atoms with Crippen molar-refractivity contribution >= 4 is 27.5 Å². The molecule has 1 fully saturated rings. The third-order valence-corrected chi connectivity index (χ3v) is 4.71. The molecule has 0 bridgehead atoms. The Balaban J connectivity index is 1.90. The largest absolute Gasteiger partial charge is 0.312 e. The molecule has 0 saturated carbocycles. The first kappa shape index (κ1) is 15.2. The van der Waals surface area contributed by atoms with E-state index >= 15 is 0 Å². The zero-order valence-corrected chi connectivity index (χ0v) is 14.2. The summed E-state index contributed by atoms with van der Waals surface area (Å²) in [7, 11) is 0. The summed E-state index contributed by atoms with van der Waals surface area (Å²) in [6, 6.07) is 11.1. The van der Waals surface area contributed by atoms with E-state index < -0.39 is 0 Å². The lowest BCUT2D eigenvalue weighted by molar-refractivity contribution is -0.118. The van der Waals surface area contributed by atoms with Crippen molar-refractivity contribution in [2.75, 3.05) is 11.4 Å². The maximum atomic E-state index is 13.7. The van der Waals surface area contributed by atoms with Gasteiger partial charge >= 0.3 is 0 Å². The van der Waals surface area contributed by atoms with Crippen LogP contribution in [0.3, 0.4) is 0 Å². The van der Waals surface area contributed by atoms with Crippen LogP contribution < -0.4 is 4.90 Å². The van der Waals surface area contributed by atoms with Crippen molar-refractivity contribution in [3.05, 3.63) is 63.4 Å². The molecule has 0 N–H and O–H groups in total. The smallest absolute Gasteiger partial charge is 0.234 e. The summed E-state index contributed by atoms with van der Waals surface area (Å²) in [4.78, 5) is 14.4. The van der Waals surface area contributed by atoms with Crippen molar-refractivity contribution in [3.8, 4) is 0 Å². The molecule has 1 heterocycles. The van der Waals surface area contributed by atoms with Crippen molar-refractivity contribution in [3.63, 3.8) is 0 Å². The summed E-state index contributed by atoms with van der Waals surface area (Å²) in [5.41, 5.74) is 4.01. The molecule has 0 spiro atoms. The minimum Gasteiger partial charge on any atom is -0.312 e. The van der Waals surface area contributed by atoms with Crippen molar-refractivity contribution in [1.82, 2.24) is 0 Å². The molecule has 1 saturated heterocycles. The molecular weight excluding hydrogens is 345 g/mol. The predicted octanol–water partition coefficient (Wildman–Crippen LogP) is 4.73. The van der Waals surface area contributed by atoms with Crippen LogP contribution in [0.2, 0.25) is 0 Å². The van der Waals surface area contributed by atoms with Crippen molar-refractivity contribution in [2.24, 2.45) is 0 Å². The third kappa shape index (κ3) is 2.80. The van der Waals surface area contributed by atoms with Crippen molar-refractivity contribution in [1.29, 1.82) is 0 Å². The number of amides is 1. The Hall–Kier alpha value is -1.68. The molecule has 1 atom stereocenters. The second-order valence-electron chi connectivity index (χ2n) is 5.85. The fourth-order valence-corrected chi connectivity index (χ4v) is 3.36. The number of anilines is 1. The Morgan fingerprint density at radius 2 is 1.82 bits per heavy atom. The number of carbonyl (C=O) groups excluding carboxylic acids is 1.